The van der Waals surface area contributed by atoms with Crippen LogP contribution < -0.4 is 5.32 Å². The molecule has 0 saturated carbocycles. The molecule has 1 unspecified atom stereocenters. The Kier molecular flexibility index (Phi) is 6.15. The van der Waals surface area contributed by atoms with Crippen LogP contribution in [0.2, 0.25) is 0 Å². The number of phenolic OH excluding ortho intramolecular Hbond substituents is 1. The van der Waals surface area contributed by atoms with E-state index in [0.29, 0.717) is 22.5 Å². The summed E-state index contributed by atoms with van der Waals surface area (Å²) < 4.78 is 0.581. The van der Waals surface area contributed by atoms with E-state index in [9.17, 15) is 9.90 Å². The molecular weight excluding hydrogens is 362 g/mol. The van der Waals surface area contributed by atoms with Gasteiger partial charge in [0.2, 0.25) is 0 Å². The molecule has 0 heterocycles. The van der Waals surface area contributed by atoms with Crippen LogP contribution in [-0.4, -0.2) is 22.4 Å². The van der Waals surface area contributed by atoms with E-state index in [1.807, 2.05) is 0 Å². The molecule has 5 heteroatoms. The predicted octanol–water partition coefficient (Wildman–Crippen LogP) is 3.69. The van der Waals surface area contributed by atoms with Crippen LogP contribution in [0.4, 0.5) is 0 Å². The fourth-order valence-electron chi connectivity index (χ4n) is 1.55. The molecule has 3 nitrogen and oxygen atoms in total. The average molecular weight is 379 g/mol. The van der Waals surface area contributed by atoms with Crippen molar-refractivity contribution in [3.8, 4) is 5.75 Å². The standard InChI is InChI=1S/C13H17Br2NO2/c1-8(2)5-10(14)7-16-13(18)9-3-4-11(15)12(17)6-9/h3-4,6,8,10,17H,5,7H2,1-2H3,(H,16,18). The first-order valence-electron chi connectivity index (χ1n) is 5.81. The van der Waals surface area contributed by atoms with Gasteiger partial charge in [0.05, 0.1) is 4.47 Å². The third-order valence-electron chi connectivity index (χ3n) is 2.42. The van der Waals surface area contributed by atoms with E-state index in [1.165, 1.54) is 6.07 Å². The van der Waals surface area contributed by atoms with Crippen molar-refractivity contribution in [1.29, 1.82) is 0 Å². The number of nitrogens with one attached hydrogen (secondary N) is 1. The summed E-state index contributed by atoms with van der Waals surface area (Å²) in [6, 6.07) is 4.78. The van der Waals surface area contributed by atoms with Gasteiger partial charge in [-0.25, -0.2) is 0 Å². The smallest absolute Gasteiger partial charge is 0.251 e. The van der Waals surface area contributed by atoms with Crippen LogP contribution in [0.15, 0.2) is 22.7 Å². The molecule has 0 bridgehead atoms. The first kappa shape index (κ1) is 15.5. The minimum Gasteiger partial charge on any atom is -0.507 e. The normalized spacial score (nSPS) is 12.5. The van der Waals surface area contributed by atoms with Crippen LogP contribution >= 0.6 is 31.9 Å². The first-order chi connectivity index (χ1) is 8.40. The Balaban J connectivity index is 2.52. The van der Waals surface area contributed by atoms with Crippen LogP contribution in [0.25, 0.3) is 0 Å². The second-order valence-corrected chi connectivity index (χ2v) is 6.75. The SMILES string of the molecule is CC(C)CC(Br)CNC(=O)c1ccc(Br)c(O)c1. The number of hydrogen-bond donors (Lipinski definition) is 2. The zero-order valence-corrected chi connectivity index (χ0v) is 13.6. The van der Waals surface area contributed by atoms with Crippen LogP contribution in [0.1, 0.15) is 30.6 Å². The zero-order valence-electron chi connectivity index (χ0n) is 10.4. The summed E-state index contributed by atoms with van der Waals surface area (Å²) in [4.78, 5) is 12.1. The highest BCUT2D eigenvalue weighted by molar-refractivity contribution is 9.10. The Bertz CT molecular complexity index is 421. The second-order valence-electron chi connectivity index (χ2n) is 4.60. The van der Waals surface area contributed by atoms with Gasteiger partial charge < -0.3 is 10.4 Å². The highest BCUT2D eigenvalue weighted by Crippen LogP contribution is 2.24. The van der Waals surface area contributed by atoms with Crippen LogP contribution in [-0.2, 0) is 0 Å². The minimum atomic E-state index is -0.175. The fourth-order valence-corrected chi connectivity index (χ4v) is 2.71. The van der Waals surface area contributed by atoms with Crippen molar-refractivity contribution in [3.05, 3.63) is 28.2 Å². The molecule has 1 rings (SSSR count). The molecule has 0 saturated heterocycles. The fraction of sp³-hybridized carbons (Fsp3) is 0.462. The highest BCUT2D eigenvalue weighted by atomic mass is 79.9. The van der Waals surface area contributed by atoms with Crippen LogP contribution in [0.5, 0.6) is 5.75 Å². The topological polar surface area (TPSA) is 49.3 Å². The number of carbonyl (C=O) groups excluding carboxylic acids is 1. The Morgan fingerprint density at radius 3 is 2.67 bits per heavy atom. The Labute approximate surface area is 124 Å². The average Bonchev–Trinajstić information content (AvgIpc) is 2.28. The van der Waals surface area contributed by atoms with Gasteiger partial charge in [0, 0.05) is 16.9 Å². The first-order valence-corrected chi connectivity index (χ1v) is 7.51. The van der Waals surface area contributed by atoms with Gasteiger partial charge in [0.15, 0.2) is 0 Å². The molecule has 1 aromatic rings. The summed E-state index contributed by atoms with van der Waals surface area (Å²) >= 11 is 6.71. The minimum absolute atomic E-state index is 0.0697. The molecule has 1 amide bonds. The number of amides is 1. The Morgan fingerprint density at radius 1 is 1.44 bits per heavy atom. The van der Waals surface area contributed by atoms with Crippen molar-refractivity contribution < 1.29 is 9.90 Å². The lowest BCUT2D eigenvalue weighted by Crippen LogP contribution is -2.30. The number of hydrogen-bond acceptors (Lipinski definition) is 2. The highest BCUT2D eigenvalue weighted by Gasteiger charge is 2.11. The molecular formula is C13H17Br2NO2. The van der Waals surface area contributed by atoms with E-state index in [4.69, 9.17) is 0 Å². The van der Waals surface area contributed by atoms with Gasteiger partial charge in [-0.3, -0.25) is 4.79 Å². The van der Waals surface area contributed by atoms with E-state index in [-0.39, 0.29) is 16.5 Å². The zero-order chi connectivity index (χ0) is 13.7. The number of phenols is 1. The number of carbonyl (C=O) groups is 1. The van der Waals surface area contributed by atoms with Gasteiger partial charge >= 0.3 is 0 Å². The molecule has 0 aliphatic carbocycles. The quantitative estimate of drug-likeness (QED) is 0.767. The second kappa shape index (κ2) is 7.14. The number of benzene rings is 1. The number of rotatable bonds is 5. The van der Waals surface area contributed by atoms with Gasteiger partial charge in [-0.05, 0) is 46.5 Å². The summed E-state index contributed by atoms with van der Waals surface area (Å²) in [5.41, 5.74) is 0.458. The van der Waals surface area contributed by atoms with Gasteiger partial charge in [0.1, 0.15) is 5.75 Å². The summed E-state index contributed by atoms with van der Waals surface area (Å²) in [5.74, 6) is 0.481. The molecule has 2 N–H and O–H groups in total. The van der Waals surface area contributed by atoms with Crippen molar-refractivity contribution in [2.75, 3.05) is 6.54 Å². The molecule has 0 aromatic heterocycles. The Morgan fingerprint density at radius 2 is 2.11 bits per heavy atom. The summed E-state index contributed by atoms with van der Waals surface area (Å²) in [6.07, 6.45) is 1.01. The van der Waals surface area contributed by atoms with Crippen LogP contribution in [0.3, 0.4) is 0 Å². The molecule has 0 fully saturated rings. The van der Waals surface area contributed by atoms with E-state index in [2.05, 4.69) is 51.0 Å². The van der Waals surface area contributed by atoms with Gasteiger partial charge in [-0.15, -0.1) is 0 Å². The maximum Gasteiger partial charge on any atom is 0.251 e. The van der Waals surface area contributed by atoms with Gasteiger partial charge in [-0.2, -0.15) is 0 Å². The van der Waals surface area contributed by atoms with E-state index >= 15 is 0 Å². The largest absolute Gasteiger partial charge is 0.507 e. The predicted molar refractivity (Wildman–Crippen MR) is 80.3 cm³/mol. The van der Waals surface area contributed by atoms with Crippen molar-refractivity contribution in [3.63, 3.8) is 0 Å². The molecule has 1 atom stereocenters. The maximum absolute atomic E-state index is 11.8. The Hall–Kier alpha value is -0.550. The molecule has 18 heavy (non-hydrogen) atoms. The van der Waals surface area contributed by atoms with Crippen molar-refractivity contribution >= 4 is 37.8 Å². The summed E-state index contributed by atoms with van der Waals surface area (Å²) in [5, 5.41) is 12.3. The van der Waals surface area contributed by atoms with Gasteiger partial charge in [0.25, 0.3) is 5.91 Å². The lowest BCUT2D eigenvalue weighted by Gasteiger charge is -2.13. The third kappa shape index (κ3) is 4.98. The van der Waals surface area contributed by atoms with Crippen molar-refractivity contribution in [2.45, 2.75) is 25.1 Å². The summed E-state index contributed by atoms with van der Waals surface area (Å²) in [6.45, 7) is 4.86. The monoisotopic (exact) mass is 377 g/mol. The summed E-state index contributed by atoms with van der Waals surface area (Å²) in [7, 11) is 0. The third-order valence-corrected chi connectivity index (χ3v) is 3.79. The number of halogens is 2. The lowest BCUT2D eigenvalue weighted by molar-refractivity contribution is 0.0953. The molecule has 1 aromatic carbocycles. The number of alkyl halides is 1. The molecule has 0 spiro atoms. The van der Waals surface area contributed by atoms with E-state index in [0.717, 1.165) is 6.42 Å². The van der Waals surface area contributed by atoms with Crippen molar-refractivity contribution in [1.82, 2.24) is 5.32 Å². The molecule has 100 valence electrons. The molecule has 0 aliphatic rings. The number of aromatic hydroxyl groups is 1. The van der Waals surface area contributed by atoms with Crippen molar-refractivity contribution in [2.24, 2.45) is 5.92 Å². The van der Waals surface area contributed by atoms with Crippen LogP contribution in [0, 0.1) is 5.92 Å². The van der Waals surface area contributed by atoms with E-state index < -0.39 is 0 Å². The van der Waals surface area contributed by atoms with Gasteiger partial charge in [-0.1, -0.05) is 29.8 Å². The van der Waals surface area contributed by atoms with E-state index in [1.54, 1.807) is 12.1 Å². The molecule has 0 aliphatic heterocycles. The lowest BCUT2D eigenvalue weighted by atomic mass is 10.1. The maximum atomic E-state index is 11.8. The molecule has 0 radical (unpaired) electrons.